The zero-order valence-electron chi connectivity index (χ0n) is 17.6. The van der Waals surface area contributed by atoms with E-state index >= 15 is 0 Å². The van der Waals surface area contributed by atoms with E-state index in [1.165, 1.54) is 14.0 Å². The number of hydrogen-bond donors (Lipinski definition) is 1. The standard InChI is InChI=1S/C24H19ClIN3O2S/c1-13-10-19(8-9-21(13)26)28-14(2)11-16(15(28)3)12-20-22(30)27-24(32)29(23(20)31)18-6-4-17(25)5-7-18/h4-12H,1-3H3,(H,27,30,32)/b20-12+. The molecule has 1 aromatic heterocycles. The fraction of sp³-hybridized carbons (Fsp3) is 0.125. The molecule has 8 heteroatoms. The molecule has 0 aliphatic carbocycles. The number of nitrogens with one attached hydrogen (secondary N) is 1. The number of anilines is 1. The molecule has 3 aromatic rings. The van der Waals surface area contributed by atoms with Crippen molar-refractivity contribution >= 4 is 75.1 Å². The molecular formula is C24H19ClIN3O2S. The number of aromatic nitrogens is 1. The number of aryl methyl sites for hydroxylation is 2. The van der Waals surface area contributed by atoms with Crippen LogP contribution in [0.5, 0.6) is 0 Å². The summed E-state index contributed by atoms with van der Waals surface area (Å²) in [6.07, 6.45) is 1.63. The highest BCUT2D eigenvalue weighted by atomic mass is 127. The Kier molecular flexibility index (Phi) is 6.24. The summed E-state index contributed by atoms with van der Waals surface area (Å²) in [5.74, 6) is -0.990. The molecule has 2 aromatic carbocycles. The van der Waals surface area contributed by atoms with Gasteiger partial charge in [0.2, 0.25) is 0 Å². The van der Waals surface area contributed by atoms with Crippen LogP contribution < -0.4 is 10.2 Å². The molecule has 1 fully saturated rings. The van der Waals surface area contributed by atoms with Gasteiger partial charge in [-0.3, -0.25) is 19.8 Å². The van der Waals surface area contributed by atoms with Crippen LogP contribution in [-0.2, 0) is 9.59 Å². The summed E-state index contributed by atoms with van der Waals surface area (Å²) in [7, 11) is 0. The number of benzene rings is 2. The number of amides is 2. The average Bonchev–Trinajstić information content (AvgIpc) is 3.01. The summed E-state index contributed by atoms with van der Waals surface area (Å²) < 4.78 is 3.31. The van der Waals surface area contributed by atoms with E-state index in [9.17, 15) is 9.59 Å². The molecule has 0 bridgehead atoms. The minimum atomic E-state index is -0.514. The van der Waals surface area contributed by atoms with Crippen LogP contribution in [0, 0.1) is 24.3 Å². The Balaban J connectivity index is 1.76. The first-order valence-electron chi connectivity index (χ1n) is 9.80. The van der Waals surface area contributed by atoms with E-state index in [0.29, 0.717) is 10.7 Å². The fourth-order valence-corrected chi connectivity index (χ4v) is 4.48. The van der Waals surface area contributed by atoms with Crippen molar-refractivity contribution in [2.24, 2.45) is 0 Å². The van der Waals surface area contributed by atoms with Crippen LogP contribution >= 0.6 is 46.4 Å². The fourth-order valence-electron chi connectivity index (χ4n) is 3.74. The summed E-state index contributed by atoms with van der Waals surface area (Å²) >= 11 is 13.5. The number of halogens is 2. The first-order valence-corrected chi connectivity index (χ1v) is 11.7. The average molecular weight is 576 g/mol. The highest BCUT2D eigenvalue weighted by Gasteiger charge is 2.34. The molecule has 4 rings (SSSR count). The van der Waals surface area contributed by atoms with Crippen LogP contribution in [0.15, 0.2) is 54.1 Å². The van der Waals surface area contributed by atoms with E-state index in [2.05, 4.69) is 57.6 Å². The van der Waals surface area contributed by atoms with E-state index < -0.39 is 11.8 Å². The highest BCUT2D eigenvalue weighted by molar-refractivity contribution is 14.1. The third-order valence-corrected chi connectivity index (χ3v) is 7.10. The first-order chi connectivity index (χ1) is 15.2. The lowest BCUT2D eigenvalue weighted by Gasteiger charge is -2.28. The topological polar surface area (TPSA) is 54.3 Å². The van der Waals surface area contributed by atoms with Crippen LogP contribution in [-0.4, -0.2) is 21.5 Å². The maximum absolute atomic E-state index is 13.3. The Morgan fingerprint density at radius 1 is 1.00 bits per heavy atom. The first kappa shape index (κ1) is 22.7. The second-order valence-corrected chi connectivity index (χ2v) is 9.51. The smallest absolute Gasteiger partial charge is 0.270 e. The van der Waals surface area contributed by atoms with Crippen LogP contribution in [0.2, 0.25) is 5.02 Å². The van der Waals surface area contributed by atoms with Crippen molar-refractivity contribution in [3.05, 3.63) is 85.2 Å². The quantitative estimate of drug-likeness (QED) is 0.194. The second-order valence-electron chi connectivity index (χ2n) is 7.53. The lowest BCUT2D eigenvalue weighted by Crippen LogP contribution is -2.54. The summed E-state index contributed by atoms with van der Waals surface area (Å²) in [6, 6.07) is 14.9. The molecular weight excluding hydrogens is 557 g/mol. The van der Waals surface area contributed by atoms with Gasteiger partial charge < -0.3 is 4.57 Å². The Bertz CT molecular complexity index is 1310. The Morgan fingerprint density at radius 2 is 1.66 bits per heavy atom. The molecule has 32 heavy (non-hydrogen) atoms. The van der Waals surface area contributed by atoms with Gasteiger partial charge in [-0.1, -0.05) is 11.6 Å². The minimum absolute atomic E-state index is 0.0209. The number of carbonyl (C=O) groups excluding carboxylic acids is 2. The Morgan fingerprint density at radius 3 is 2.31 bits per heavy atom. The van der Waals surface area contributed by atoms with Crippen LogP contribution in [0.25, 0.3) is 11.8 Å². The normalized spacial score (nSPS) is 15.5. The molecule has 0 radical (unpaired) electrons. The molecule has 162 valence electrons. The molecule has 1 saturated heterocycles. The summed E-state index contributed by atoms with van der Waals surface area (Å²) in [4.78, 5) is 27.2. The van der Waals surface area contributed by atoms with Gasteiger partial charge in [-0.25, -0.2) is 0 Å². The van der Waals surface area contributed by atoms with Crippen molar-refractivity contribution in [2.45, 2.75) is 20.8 Å². The van der Waals surface area contributed by atoms with E-state index in [1.807, 2.05) is 19.9 Å². The van der Waals surface area contributed by atoms with E-state index in [-0.39, 0.29) is 10.7 Å². The Hall–Kier alpha value is -2.49. The maximum atomic E-state index is 13.3. The van der Waals surface area contributed by atoms with Crippen LogP contribution in [0.1, 0.15) is 22.5 Å². The van der Waals surface area contributed by atoms with Crippen molar-refractivity contribution in [3.63, 3.8) is 0 Å². The molecule has 0 saturated carbocycles. The van der Waals surface area contributed by atoms with Gasteiger partial charge in [0.15, 0.2) is 5.11 Å². The third-order valence-electron chi connectivity index (χ3n) is 5.36. The summed E-state index contributed by atoms with van der Waals surface area (Å²) in [6.45, 7) is 6.04. The maximum Gasteiger partial charge on any atom is 0.270 e. The number of nitrogens with zero attached hydrogens (tertiary/aromatic N) is 2. The number of carbonyl (C=O) groups is 2. The van der Waals surface area contributed by atoms with Crippen LogP contribution in [0.4, 0.5) is 5.69 Å². The summed E-state index contributed by atoms with van der Waals surface area (Å²) in [5, 5.41) is 3.20. The van der Waals surface area contributed by atoms with E-state index in [1.54, 1.807) is 30.3 Å². The van der Waals surface area contributed by atoms with Crippen molar-refractivity contribution in [1.29, 1.82) is 0 Å². The van der Waals surface area contributed by atoms with Gasteiger partial charge in [0.05, 0.1) is 5.69 Å². The third kappa shape index (κ3) is 4.12. The van der Waals surface area contributed by atoms with E-state index in [4.69, 9.17) is 23.8 Å². The predicted octanol–water partition coefficient (Wildman–Crippen LogP) is 5.49. The molecule has 0 atom stereocenters. The molecule has 0 unspecified atom stereocenters. The van der Waals surface area contributed by atoms with Gasteiger partial charge in [0, 0.05) is 25.7 Å². The lowest BCUT2D eigenvalue weighted by molar-refractivity contribution is -0.122. The van der Waals surface area contributed by atoms with Crippen LogP contribution in [0.3, 0.4) is 0 Å². The number of rotatable bonds is 3. The molecule has 2 heterocycles. The number of hydrogen-bond acceptors (Lipinski definition) is 3. The van der Waals surface area contributed by atoms with Gasteiger partial charge in [-0.05, 0) is 121 Å². The molecule has 0 spiro atoms. The van der Waals surface area contributed by atoms with Crippen molar-refractivity contribution < 1.29 is 9.59 Å². The highest BCUT2D eigenvalue weighted by Crippen LogP contribution is 2.27. The Labute approximate surface area is 210 Å². The molecule has 5 nitrogen and oxygen atoms in total. The second kappa shape index (κ2) is 8.80. The molecule has 1 aliphatic rings. The van der Waals surface area contributed by atoms with Gasteiger partial charge >= 0.3 is 0 Å². The SMILES string of the molecule is Cc1cc(-n2c(C)cc(/C=C3\C(=O)NC(=S)N(c4ccc(Cl)cc4)C3=O)c2C)ccc1I. The zero-order valence-corrected chi connectivity index (χ0v) is 21.3. The molecule has 2 amide bonds. The van der Waals surface area contributed by atoms with Gasteiger partial charge in [0.1, 0.15) is 5.57 Å². The van der Waals surface area contributed by atoms with E-state index in [0.717, 1.165) is 22.6 Å². The molecule has 1 aliphatic heterocycles. The van der Waals surface area contributed by atoms with Gasteiger partial charge in [-0.2, -0.15) is 0 Å². The zero-order chi connectivity index (χ0) is 23.2. The van der Waals surface area contributed by atoms with Gasteiger partial charge in [-0.15, -0.1) is 0 Å². The van der Waals surface area contributed by atoms with Crippen molar-refractivity contribution in [3.8, 4) is 5.69 Å². The molecule has 1 N–H and O–H groups in total. The predicted molar refractivity (Wildman–Crippen MR) is 140 cm³/mol. The lowest BCUT2D eigenvalue weighted by atomic mass is 10.1. The van der Waals surface area contributed by atoms with Gasteiger partial charge in [0.25, 0.3) is 11.8 Å². The summed E-state index contributed by atoms with van der Waals surface area (Å²) in [5.41, 5.74) is 5.50. The monoisotopic (exact) mass is 575 g/mol. The van der Waals surface area contributed by atoms with Crippen molar-refractivity contribution in [2.75, 3.05) is 4.90 Å². The number of thiocarbonyl (C=S) groups is 1. The largest absolute Gasteiger partial charge is 0.318 e. The van der Waals surface area contributed by atoms with Crippen molar-refractivity contribution in [1.82, 2.24) is 9.88 Å². The minimum Gasteiger partial charge on any atom is -0.318 e.